The van der Waals surface area contributed by atoms with Crippen molar-refractivity contribution in [3.8, 4) is 11.5 Å². The molecule has 0 heterocycles. The highest BCUT2D eigenvalue weighted by atomic mass is 35.5. The Hall–Kier alpha value is -3.83. The van der Waals surface area contributed by atoms with E-state index in [9.17, 15) is 27.2 Å². The van der Waals surface area contributed by atoms with E-state index < -0.39 is 29.4 Å². The van der Waals surface area contributed by atoms with Gasteiger partial charge in [0.25, 0.3) is 0 Å². The van der Waals surface area contributed by atoms with Gasteiger partial charge in [-0.25, -0.2) is 9.82 Å². The van der Waals surface area contributed by atoms with Crippen LogP contribution >= 0.6 is 23.2 Å². The fourth-order valence-corrected chi connectivity index (χ4v) is 3.39. The zero-order valence-electron chi connectivity index (χ0n) is 19.5. The molecule has 200 valence electrons. The summed E-state index contributed by atoms with van der Waals surface area (Å²) in [4.78, 5) is 24.1. The Morgan fingerprint density at radius 2 is 1.74 bits per heavy atom. The number of benzene rings is 3. The molecule has 0 aliphatic heterocycles. The van der Waals surface area contributed by atoms with Crippen molar-refractivity contribution in [3.63, 3.8) is 0 Å². The third-order valence-corrected chi connectivity index (χ3v) is 5.51. The Kier molecular flexibility index (Phi) is 9.54. The minimum Gasteiger partial charge on any atom is -0.490 e. The van der Waals surface area contributed by atoms with E-state index in [0.29, 0.717) is 23.1 Å². The number of anilines is 1. The van der Waals surface area contributed by atoms with Crippen LogP contribution in [0, 0.1) is 5.82 Å². The number of hydrazone groups is 1. The smallest absolute Gasteiger partial charge is 0.416 e. The predicted octanol–water partition coefficient (Wildman–Crippen LogP) is 6.22. The molecule has 0 fully saturated rings. The van der Waals surface area contributed by atoms with Gasteiger partial charge in [0, 0.05) is 5.56 Å². The van der Waals surface area contributed by atoms with Crippen molar-refractivity contribution >= 4 is 46.9 Å². The molecule has 0 aromatic heterocycles. The van der Waals surface area contributed by atoms with Crippen molar-refractivity contribution in [2.75, 3.05) is 11.9 Å². The monoisotopic (exact) mass is 571 g/mol. The minimum absolute atomic E-state index is 0.153. The normalized spacial score (nSPS) is 11.3. The molecular weight excluding hydrogens is 553 g/mol. The Bertz CT molecular complexity index is 1350. The van der Waals surface area contributed by atoms with Gasteiger partial charge >= 0.3 is 18.0 Å². The first-order valence-electron chi connectivity index (χ1n) is 10.8. The molecule has 3 aromatic rings. The topological polar surface area (TPSA) is 89.0 Å². The Morgan fingerprint density at radius 3 is 2.42 bits per heavy atom. The summed E-state index contributed by atoms with van der Waals surface area (Å²) in [6, 6.07) is 11.2. The number of carbonyl (C=O) groups is 2. The summed E-state index contributed by atoms with van der Waals surface area (Å²) >= 11 is 11.8. The van der Waals surface area contributed by atoms with Gasteiger partial charge in [0.15, 0.2) is 11.5 Å². The number of halogens is 6. The highest BCUT2D eigenvalue weighted by molar-refractivity contribution is 6.41. The van der Waals surface area contributed by atoms with Crippen LogP contribution in [0.2, 0.25) is 10.0 Å². The highest BCUT2D eigenvalue weighted by Gasteiger charge is 2.31. The molecule has 2 amide bonds. The van der Waals surface area contributed by atoms with E-state index in [1.807, 2.05) is 10.7 Å². The average Bonchev–Trinajstić information content (AvgIpc) is 2.85. The SMILES string of the molecule is CCOc1cc(/C=N/NC(=O)C(=O)Nc2cc(C(F)(F)F)ccc2Cl)ccc1OCc1c(F)cccc1Cl. The molecule has 0 spiro atoms. The van der Waals surface area contributed by atoms with Crippen molar-refractivity contribution in [1.82, 2.24) is 5.43 Å². The number of ether oxygens (including phenoxy) is 2. The van der Waals surface area contributed by atoms with Crippen LogP contribution in [0.25, 0.3) is 0 Å². The van der Waals surface area contributed by atoms with Crippen LogP contribution in [-0.4, -0.2) is 24.6 Å². The molecule has 3 aromatic carbocycles. The summed E-state index contributed by atoms with van der Waals surface area (Å²) < 4.78 is 63.9. The Labute approximate surface area is 224 Å². The molecule has 7 nitrogen and oxygen atoms in total. The third-order valence-electron chi connectivity index (χ3n) is 4.83. The molecule has 3 rings (SSSR count). The molecule has 0 aliphatic rings. The van der Waals surface area contributed by atoms with Crippen molar-refractivity contribution in [2.45, 2.75) is 19.7 Å². The first kappa shape index (κ1) is 28.7. The van der Waals surface area contributed by atoms with Gasteiger partial charge in [-0.2, -0.15) is 18.3 Å². The first-order chi connectivity index (χ1) is 18.0. The van der Waals surface area contributed by atoms with Crippen molar-refractivity contribution in [1.29, 1.82) is 0 Å². The standard InChI is InChI=1S/C25H19Cl2F4N3O4/c1-2-37-22-10-14(6-9-21(22)38-13-16-17(26)4-3-5-19(16)28)12-32-34-24(36)23(35)33-20-11-15(25(29,30)31)7-8-18(20)27/h3-12H,2,13H2,1H3,(H,33,35)(H,34,36)/b32-12+. The van der Waals surface area contributed by atoms with E-state index in [4.69, 9.17) is 32.7 Å². The van der Waals surface area contributed by atoms with E-state index >= 15 is 0 Å². The van der Waals surface area contributed by atoms with Crippen LogP contribution in [0.15, 0.2) is 59.7 Å². The quantitative estimate of drug-likeness (QED) is 0.145. The lowest BCUT2D eigenvalue weighted by molar-refractivity contribution is -0.137. The van der Waals surface area contributed by atoms with Crippen LogP contribution in [0.4, 0.5) is 23.2 Å². The van der Waals surface area contributed by atoms with E-state index in [1.54, 1.807) is 13.0 Å². The number of nitrogens with zero attached hydrogens (tertiary/aromatic N) is 1. The molecule has 13 heteroatoms. The molecule has 0 aliphatic carbocycles. The molecule has 0 atom stereocenters. The number of hydrogen-bond donors (Lipinski definition) is 2. The fourth-order valence-electron chi connectivity index (χ4n) is 3.01. The number of alkyl halides is 3. The number of carbonyl (C=O) groups excluding carboxylic acids is 2. The van der Waals surface area contributed by atoms with Gasteiger partial charge in [0.1, 0.15) is 12.4 Å². The number of hydrogen-bond acceptors (Lipinski definition) is 5. The summed E-state index contributed by atoms with van der Waals surface area (Å²) in [6.45, 7) is 1.88. The Morgan fingerprint density at radius 1 is 0.974 bits per heavy atom. The zero-order valence-corrected chi connectivity index (χ0v) is 21.0. The van der Waals surface area contributed by atoms with Gasteiger partial charge in [-0.3, -0.25) is 9.59 Å². The predicted molar refractivity (Wildman–Crippen MR) is 134 cm³/mol. The number of rotatable bonds is 8. The molecule has 38 heavy (non-hydrogen) atoms. The third kappa shape index (κ3) is 7.59. The minimum atomic E-state index is -4.66. The second-order valence-electron chi connectivity index (χ2n) is 7.47. The van der Waals surface area contributed by atoms with Crippen LogP contribution in [0.5, 0.6) is 11.5 Å². The highest BCUT2D eigenvalue weighted by Crippen LogP contribution is 2.34. The molecular formula is C25H19Cl2F4N3O4. The van der Waals surface area contributed by atoms with Crippen LogP contribution in [-0.2, 0) is 22.4 Å². The van der Waals surface area contributed by atoms with Crippen LogP contribution in [0.1, 0.15) is 23.6 Å². The fraction of sp³-hybridized carbons (Fsp3) is 0.160. The summed E-state index contributed by atoms with van der Waals surface area (Å²) in [5, 5.41) is 5.70. The summed E-state index contributed by atoms with van der Waals surface area (Å²) in [5.41, 5.74) is 1.14. The number of amides is 2. The lowest BCUT2D eigenvalue weighted by Crippen LogP contribution is -2.32. The van der Waals surface area contributed by atoms with E-state index in [0.717, 1.165) is 12.1 Å². The first-order valence-corrected chi connectivity index (χ1v) is 11.6. The molecule has 0 radical (unpaired) electrons. The lowest BCUT2D eigenvalue weighted by atomic mass is 10.2. The van der Waals surface area contributed by atoms with Crippen LogP contribution < -0.4 is 20.2 Å². The summed E-state index contributed by atoms with van der Waals surface area (Å²) in [6.07, 6.45) is -3.47. The van der Waals surface area contributed by atoms with E-state index in [1.165, 1.54) is 36.5 Å². The molecule has 0 saturated carbocycles. The van der Waals surface area contributed by atoms with Gasteiger partial charge in [0.05, 0.1) is 34.1 Å². The molecule has 0 saturated heterocycles. The maximum absolute atomic E-state index is 14.0. The zero-order chi connectivity index (χ0) is 27.9. The van der Waals surface area contributed by atoms with Gasteiger partial charge < -0.3 is 14.8 Å². The van der Waals surface area contributed by atoms with Gasteiger partial charge in [-0.05, 0) is 61.0 Å². The van der Waals surface area contributed by atoms with Gasteiger partial charge in [0.2, 0.25) is 0 Å². The molecule has 0 bridgehead atoms. The van der Waals surface area contributed by atoms with E-state index in [2.05, 4.69) is 5.10 Å². The maximum atomic E-state index is 14.0. The van der Waals surface area contributed by atoms with Gasteiger partial charge in [-0.15, -0.1) is 0 Å². The van der Waals surface area contributed by atoms with Crippen molar-refractivity contribution in [2.24, 2.45) is 5.10 Å². The largest absolute Gasteiger partial charge is 0.490 e. The van der Waals surface area contributed by atoms with Crippen LogP contribution in [0.3, 0.4) is 0 Å². The lowest BCUT2D eigenvalue weighted by Gasteiger charge is -2.13. The number of nitrogens with one attached hydrogen (secondary N) is 2. The molecule has 2 N–H and O–H groups in total. The summed E-state index contributed by atoms with van der Waals surface area (Å²) in [7, 11) is 0. The maximum Gasteiger partial charge on any atom is 0.416 e. The van der Waals surface area contributed by atoms with E-state index in [-0.39, 0.29) is 34.5 Å². The Balaban J connectivity index is 1.64. The average molecular weight is 572 g/mol. The second-order valence-corrected chi connectivity index (χ2v) is 8.29. The summed E-state index contributed by atoms with van der Waals surface area (Å²) in [5.74, 6) is -2.46. The van der Waals surface area contributed by atoms with Gasteiger partial charge in [-0.1, -0.05) is 29.3 Å². The molecule has 0 unspecified atom stereocenters. The van der Waals surface area contributed by atoms with Crippen molar-refractivity contribution in [3.05, 3.63) is 87.2 Å². The van der Waals surface area contributed by atoms with Crippen molar-refractivity contribution < 1.29 is 36.6 Å². The second kappa shape index (κ2) is 12.6.